The second-order valence-corrected chi connectivity index (χ2v) is 3.83. The average molecular weight is 204 g/mol. The molecule has 0 amide bonds. The van der Waals surface area contributed by atoms with Gasteiger partial charge < -0.3 is 9.84 Å². The topological polar surface area (TPSA) is 29.5 Å². The molecule has 2 nitrogen and oxygen atoms in total. The Labute approximate surface area is 90.2 Å². The summed E-state index contributed by atoms with van der Waals surface area (Å²) in [6.45, 7) is 1.36. The van der Waals surface area contributed by atoms with Crippen LogP contribution in [0.15, 0.2) is 42.0 Å². The van der Waals surface area contributed by atoms with Gasteiger partial charge in [0.15, 0.2) is 0 Å². The Bertz CT molecular complexity index is 330. The zero-order valence-corrected chi connectivity index (χ0v) is 8.73. The average Bonchev–Trinajstić information content (AvgIpc) is 2.31. The van der Waals surface area contributed by atoms with Crippen molar-refractivity contribution in [2.24, 2.45) is 0 Å². The van der Waals surface area contributed by atoms with Crippen LogP contribution in [0.1, 0.15) is 12.0 Å². The van der Waals surface area contributed by atoms with Gasteiger partial charge in [-0.25, -0.2) is 0 Å². The molecule has 2 rings (SSSR count). The van der Waals surface area contributed by atoms with Gasteiger partial charge in [0.1, 0.15) is 0 Å². The monoisotopic (exact) mass is 204 g/mol. The lowest BCUT2D eigenvalue weighted by Crippen LogP contribution is -2.20. The van der Waals surface area contributed by atoms with Crippen LogP contribution in [0.2, 0.25) is 0 Å². The van der Waals surface area contributed by atoms with Crippen LogP contribution >= 0.6 is 0 Å². The molecule has 2 heteroatoms. The quantitative estimate of drug-likeness (QED) is 0.762. The Hall–Kier alpha value is -1.12. The number of rotatable bonds is 3. The maximum Gasteiger partial charge on any atom is 0.0812 e. The van der Waals surface area contributed by atoms with Crippen molar-refractivity contribution in [1.82, 2.24) is 0 Å². The van der Waals surface area contributed by atoms with Crippen molar-refractivity contribution < 1.29 is 9.84 Å². The molecule has 1 aliphatic rings. The molecular formula is C13H16O2. The van der Waals surface area contributed by atoms with Gasteiger partial charge in [-0.3, -0.25) is 0 Å². The maximum atomic E-state index is 9.98. The first-order valence-corrected chi connectivity index (χ1v) is 5.35. The van der Waals surface area contributed by atoms with Crippen molar-refractivity contribution in [3.05, 3.63) is 47.5 Å². The number of benzene rings is 1. The van der Waals surface area contributed by atoms with Crippen LogP contribution in [0.3, 0.4) is 0 Å². The zero-order valence-electron chi connectivity index (χ0n) is 8.73. The van der Waals surface area contributed by atoms with Crippen molar-refractivity contribution in [3.63, 3.8) is 0 Å². The smallest absolute Gasteiger partial charge is 0.0812 e. The highest BCUT2D eigenvalue weighted by Crippen LogP contribution is 2.14. The number of hydrogen-bond acceptors (Lipinski definition) is 2. The Morgan fingerprint density at radius 2 is 2.07 bits per heavy atom. The van der Waals surface area contributed by atoms with E-state index in [4.69, 9.17) is 4.74 Å². The summed E-state index contributed by atoms with van der Waals surface area (Å²) >= 11 is 0. The summed E-state index contributed by atoms with van der Waals surface area (Å²) in [5.41, 5.74) is 2.18. The molecule has 80 valence electrons. The number of aliphatic hydroxyl groups is 1. The SMILES string of the molecule is OC(Cc1ccccc1)C1=CCCOC1. The van der Waals surface area contributed by atoms with Crippen molar-refractivity contribution in [2.75, 3.05) is 13.2 Å². The summed E-state index contributed by atoms with van der Waals surface area (Å²) in [5, 5.41) is 9.98. The van der Waals surface area contributed by atoms with E-state index < -0.39 is 6.10 Å². The Balaban J connectivity index is 1.97. The summed E-state index contributed by atoms with van der Waals surface area (Å²) in [6.07, 6.45) is 3.29. The highest BCUT2D eigenvalue weighted by molar-refractivity contribution is 5.20. The van der Waals surface area contributed by atoms with Crippen LogP contribution in [-0.4, -0.2) is 24.4 Å². The first-order valence-electron chi connectivity index (χ1n) is 5.35. The minimum Gasteiger partial charge on any atom is -0.388 e. The van der Waals surface area contributed by atoms with Gasteiger partial charge in [-0.15, -0.1) is 0 Å². The Morgan fingerprint density at radius 1 is 1.27 bits per heavy atom. The lowest BCUT2D eigenvalue weighted by Gasteiger charge is -2.19. The highest BCUT2D eigenvalue weighted by Gasteiger charge is 2.13. The summed E-state index contributed by atoms with van der Waals surface area (Å²) < 4.78 is 5.31. The number of aliphatic hydroxyl groups excluding tert-OH is 1. The molecule has 0 aliphatic carbocycles. The molecule has 1 unspecified atom stereocenters. The van der Waals surface area contributed by atoms with Crippen LogP contribution in [0, 0.1) is 0 Å². The first-order chi connectivity index (χ1) is 7.36. The normalized spacial score (nSPS) is 18.3. The van der Waals surface area contributed by atoms with E-state index in [1.807, 2.05) is 30.3 Å². The first kappa shape index (κ1) is 10.4. The lowest BCUT2D eigenvalue weighted by molar-refractivity contribution is 0.117. The van der Waals surface area contributed by atoms with Gasteiger partial charge >= 0.3 is 0 Å². The molecule has 0 aromatic heterocycles. The third-order valence-electron chi connectivity index (χ3n) is 2.64. The van der Waals surface area contributed by atoms with Crippen LogP contribution in [0.5, 0.6) is 0 Å². The van der Waals surface area contributed by atoms with Gasteiger partial charge in [-0.2, -0.15) is 0 Å². The minimum absolute atomic E-state index is 0.396. The fourth-order valence-corrected chi connectivity index (χ4v) is 1.78. The fraction of sp³-hybridized carbons (Fsp3) is 0.385. The molecule has 0 saturated carbocycles. The van der Waals surface area contributed by atoms with Gasteiger partial charge in [-0.1, -0.05) is 36.4 Å². The Kier molecular flexibility index (Phi) is 3.54. The lowest BCUT2D eigenvalue weighted by atomic mass is 10.0. The molecular weight excluding hydrogens is 188 g/mol. The second-order valence-electron chi connectivity index (χ2n) is 3.83. The van der Waals surface area contributed by atoms with E-state index in [0.717, 1.165) is 24.2 Å². The van der Waals surface area contributed by atoms with Gasteiger partial charge in [-0.05, 0) is 17.6 Å². The predicted molar refractivity (Wildman–Crippen MR) is 59.7 cm³/mol. The van der Waals surface area contributed by atoms with E-state index in [0.29, 0.717) is 13.0 Å². The summed E-state index contributed by atoms with van der Waals surface area (Å²) in [6, 6.07) is 10.0. The third-order valence-corrected chi connectivity index (χ3v) is 2.64. The molecule has 0 radical (unpaired) electrons. The fourth-order valence-electron chi connectivity index (χ4n) is 1.78. The molecule has 0 fully saturated rings. The molecule has 0 spiro atoms. The van der Waals surface area contributed by atoms with Crippen LogP contribution in [0.25, 0.3) is 0 Å². The van der Waals surface area contributed by atoms with E-state index in [2.05, 4.69) is 6.08 Å². The largest absolute Gasteiger partial charge is 0.388 e. The van der Waals surface area contributed by atoms with Crippen molar-refractivity contribution >= 4 is 0 Å². The molecule has 1 aromatic carbocycles. The maximum absolute atomic E-state index is 9.98. The molecule has 1 N–H and O–H groups in total. The van der Waals surface area contributed by atoms with Gasteiger partial charge in [0.2, 0.25) is 0 Å². The third kappa shape index (κ3) is 2.91. The number of ether oxygens (including phenoxy) is 1. The van der Waals surface area contributed by atoms with Crippen LogP contribution in [-0.2, 0) is 11.2 Å². The zero-order chi connectivity index (χ0) is 10.5. The second kappa shape index (κ2) is 5.10. The minimum atomic E-state index is -0.396. The van der Waals surface area contributed by atoms with Crippen LogP contribution < -0.4 is 0 Å². The number of hydrogen-bond donors (Lipinski definition) is 1. The molecule has 0 saturated heterocycles. The standard InChI is InChI=1S/C13H16O2/c14-13(12-7-4-8-15-10-12)9-11-5-2-1-3-6-11/h1-3,5-7,13-14H,4,8-10H2. The molecule has 0 bridgehead atoms. The van der Waals surface area contributed by atoms with Gasteiger partial charge in [0, 0.05) is 6.42 Å². The molecule has 1 aromatic rings. The van der Waals surface area contributed by atoms with E-state index in [1.165, 1.54) is 0 Å². The van der Waals surface area contributed by atoms with Crippen molar-refractivity contribution in [3.8, 4) is 0 Å². The summed E-state index contributed by atoms with van der Waals surface area (Å²) in [4.78, 5) is 0. The van der Waals surface area contributed by atoms with Crippen LogP contribution in [0.4, 0.5) is 0 Å². The molecule has 1 aliphatic heterocycles. The summed E-state index contributed by atoms with van der Waals surface area (Å²) in [5.74, 6) is 0. The van der Waals surface area contributed by atoms with E-state index in [-0.39, 0.29) is 0 Å². The Morgan fingerprint density at radius 3 is 2.73 bits per heavy atom. The van der Waals surface area contributed by atoms with E-state index >= 15 is 0 Å². The molecule has 1 atom stereocenters. The van der Waals surface area contributed by atoms with Crippen molar-refractivity contribution in [2.45, 2.75) is 18.9 Å². The summed E-state index contributed by atoms with van der Waals surface area (Å²) in [7, 11) is 0. The van der Waals surface area contributed by atoms with E-state index in [1.54, 1.807) is 0 Å². The van der Waals surface area contributed by atoms with Gasteiger partial charge in [0.05, 0.1) is 19.3 Å². The highest BCUT2D eigenvalue weighted by atomic mass is 16.5. The van der Waals surface area contributed by atoms with E-state index in [9.17, 15) is 5.11 Å². The predicted octanol–water partition coefficient (Wildman–Crippen LogP) is 1.94. The molecule has 1 heterocycles. The molecule has 15 heavy (non-hydrogen) atoms. The van der Waals surface area contributed by atoms with Gasteiger partial charge in [0.25, 0.3) is 0 Å². The van der Waals surface area contributed by atoms with Crippen molar-refractivity contribution in [1.29, 1.82) is 0 Å².